The zero-order chi connectivity index (χ0) is 20.6. The van der Waals surface area contributed by atoms with E-state index in [1.54, 1.807) is 0 Å². The maximum Gasteiger partial charge on any atom is 0.303 e. The van der Waals surface area contributed by atoms with E-state index in [2.05, 4.69) is 5.32 Å². The highest BCUT2D eigenvalue weighted by molar-refractivity contribution is 5.82. The maximum absolute atomic E-state index is 12.4. The van der Waals surface area contributed by atoms with E-state index in [-0.39, 0.29) is 12.3 Å². The molecule has 29 heavy (non-hydrogen) atoms. The van der Waals surface area contributed by atoms with Crippen LogP contribution in [0.4, 0.5) is 0 Å². The van der Waals surface area contributed by atoms with Crippen LogP contribution < -0.4 is 15.8 Å². The molecule has 0 radical (unpaired) electrons. The Balaban J connectivity index is 1.51. The summed E-state index contributed by atoms with van der Waals surface area (Å²) in [5.74, 6) is 0.561. The number of carboxylic acids is 1. The lowest BCUT2D eigenvalue weighted by Gasteiger charge is -2.29. The molecule has 0 aliphatic carbocycles. The van der Waals surface area contributed by atoms with E-state index in [0.717, 1.165) is 24.2 Å². The lowest BCUT2D eigenvalue weighted by molar-refractivity contribution is -0.137. The fourth-order valence-electron chi connectivity index (χ4n) is 3.27. The molecule has 1 aliphatic rings. The predicted molar refractivity (Wildman–Crippen MR) is 110 cm³/mol. The lowest BCUT2D eigenvalue weighted by atomic mass is 10.1. The minimum Gasteiger partial charge on any atom is -0.481 e. The van der Waals surface area contributed by atoms with Crippen molar-refractivity contribution in [2.75, 3.05) is 26.2 Å². The second-order valence-corrected chi connectivity index (χ2v) is 7.17. The summed E-state index contributed by atoms with van der Waals surface area (Å²) in [6.07, 6.45) is 1.10. The molecule has 7 heteroatoms. The van der Waals surface area contributed by atoms with Crippen LogP contribution in [0.3, 0.4) is 0 Å². The molecule has 7 nitrogen and oxygen atoms in total. The zero-order valence-corrected chi connectivity index (χ0v) is 16.3. The van der Waals surface area contributed by atoms with Crippen LogP contribution >= 0.6 is 0 Å². The molecule has 0 saturated carbocycles. The SMILES string of the molecule is NC(Cc1ccc(Oc2ccc(CCC(=O)O)cc2)cc1)C(=O)N1CCNCC1. The summed E-state index contributed by atoms with van der Waals surface area (Å²) in [6.45, 7) is 3.03. The Morgan fingerprint density at radius 2 is 1.55 bits per heavy atom. The molecular formula is C22H27N3O4. The highest BCUT2D eigenvalue weighted by Gasteiger charge is 2.22. The zero-order valence-electron chi connectivity index (χ0n) is 16.3. The molecule has 2 aromatic carbocycles. The van der Waals surface area contributed by atoms with Gasteiger partial charge in [0.1, 0.15) is 11.5 Å². The van der Waals surface area contributed by atoms with Gasteiger partial charge in [0.15, 0.2) is 0 Å². The topological polar surface area (TPSA) is 105 Å². The minimum absolute atomic E-state index is 0.00480. The summed E-state index contributed by atoms with van der Waals surface area (Å²) in [4.78, 5) is 24.9. The van der Waals surface area contributed by atoms with Crippen molar-refractivity contribution in [3.63, 3.8) is 0 Å². The van der Waals surface area contributed by atoms with Gasteiger partial charge in [0, 0.05) is 32.6 Å². The Bertz CT molecular complexity index is 815. The van der Waals surface area contributed by atoms with Crippen LogP contribution in [0.2, 0.25) is 0 Å². The molecule has 3 rings (SSSR count). The molecule has 1 atom stereocenters. The molecule has 1 aliphatic heterocycles. The van der Waals surface area contributed by atoms with Crippen LogP contribution in [0.5, 0.6) is 11.5 Å². The van der Waals surface area contributed by atoms with E-state index in [4.69, 9.17) is 15.6 Å². The van der Waals surface area contributed by atoms with Crippen molar-refractivity contribution in [2.45, 2.75) is 25.3 Å². The van der Waals surface area contributed by atoms with E-state index >= 15 is 0 Å². The molecule has 1 amide bonds. The summed E-state index contributed by atoms with van der Waals surface area (Å²) in [5.41, 5.74) is 8.06. The molecule has 1 heterocycles. The number of aryl methyl sites for hydroxylation is 1. The summed E-state index contributed by atoms with van der Waals surface area (Å²) in [6, 6.07) is 14.4. The molecule has 0 aromatic heterocycles. The number of amides is 1. The van der Waals surface area contributed by atoms with Gasteiger partial charge in [-0.3, -0.25) is 9.59 Å². The smallest absolute Gasteiger partial charge is 0.303 e. The van der Waals surface area contributed by atoms with Crippen LogP contribution in [-0.4, -0.2) is 54.1 Å². The van der Waals surface area contributed by atoms with Gasteiger partial charge in [-0.15, -0.1) is 0 Å². The molecule has 1 saturated heterocycles. The second kappa shape index (κ2) is 10.0. The number of carbonyl (C=O) groups is 2. The number of benzene rings is 2. The molecule has 154 valence electrons. The number of hydrogen-bond acceptors (Lipinski definition) is 5. The maximum atomic E-state index is 12.4. The van der Waals surface area contributed by atoms with Crippen LogP contribution in [0.1, 0.15) is 17.5 Å². The van der Waals surface area contributed by atoms with Gasteiger partial charge in [-0.25, -0.2) is 0 Å². The monoisotopic (exact) mass is 397 g/mol. The first-order valence-corrected chi connectivity index (χ1v) is 9.84. The van der Waals surface area contributed by atoms with E-state index in [1.165, 1.54) is 0 Å². The third kappa shape index (κ3) is 6.30. The van der Waals surface area contributed by atoms with E-state index in [9.17, 15) is 9.59 Å². The normalized spacial score (nSPS) is 15.0. The van der Waals surface area contributed by atoms with E-state index < -0.39 is 12.0 Å². The van der Waals surface area contributed by atoms with E-state index in [1.807, 2.05) is 53.4 Å². The summed E-state index contributed by atoms with van der Waals surface area (Å²) < 4.78 is 5.83. The van der Waals surface area contributed by atoms with Gasteiger partial charge in [-0.2, -0.15) is 0 Å². The Morgan fingerprint density at radius 1 is 1.00 bits per heavy atom. The molecule has 4 N–H and O–H groups in total. The first kappa shape index (κ1) is 20.8. The number of ether oxygens (including phenoxy) is 1. The van der Waals surface area contributed by atoms with Crippen LogP contribution in [0, 0.1) is 0 Å². The third-order valence-electron chi connectivity index (χ3n) is 4.91. The van der Waals surface area contributed by atoms with Crippen molar-refractivity contribution in [3.05, 3.63) is 59.7 Å². The standard InChI is InChI=1S/C22H27N3O4/c23-20(22(28)25-13-11-24-12-14-25)15-17-3-8-19(9-4-17)29-18-6-1-16(2-7-18)5-10-21(26)27/h1-4,6-9,20,24H,5,10-15,23H2,(H,26,27). The van der Waals surface area contributed by atoms with E-state index in [0.29, 0.717) is 37.4 Å². The van der Waals surface area contributed by atoms with Crippen molar-refractivity contribution in [3.8, 4) is 11.5 Å². The summed E-state index contributed by atoms with van der Waals surface area (Å²) >= 11 is 0. The number of nitrogens with two attached hydrogens (primary N) is 1. The minimum atomic E-state index is -0.806. The third-order valence-corrected chi connectivity index (χ3v) is 4.91. The number of aliphatic carboxylic acids is 1. The quantitative estimate of drug-likeness (QED) is 0.627. The Morgan fingerprint density at radius 3 is 2.10 bits per heavy atom. The van der Waals surface area contributed by atoms with Gasteiger partial charge < -0.3 is 25.8 Å². The fourth-order valence-corrected chi connectivity index (χ4v) is 3.27. The van der Waals surface area contributed by atoms with Crippen LogP contribution in [-0.2, 0) is 22.4 Å². The van der Waals surface area contributed by atoms with Gasteiger partial charge in [0.05, 0.1) is 6.04 Å². The van der Waals surface area contributed by atoms with Gasteiger partial charge >= 0.3 is 5.97 Å². The molecule has 1 fully saturated rings. The average molecular weight is 397 g/mol. The number of rotatable bonds is 8. The van der Waals surface area contributed by atoms with Crippen molar-refractivity contribution < 1.29 is 19.4 Å². The highest BCUT2D eigenvalue weighted by Crippen LogP contribution is 2.23. The Labute approximate surface area is 170 Å². The largest absolute Gasteiger partial charge is 0.481 e. The first-order valence-electron chi connectivity index (χ1n) is 9.84. The molecule has 2 aromatic rings. The molecular weight excluding hydrogens is 370 g/mol. The number of carbonyl (C=O) groups excluding carboxylic acids is 1. The van der Waals surface area contributed by atoms with Crippen molar-refractivity contribution in [1.29, 1.82) is 0 Å². The molecule has 1 unspecified atom stereocenters. The average Bonchev–Trinajstić information content (AvgIpc) is 2.74. The number of hydrogen-bond donors (Lipinski definition) is 3. The fraction of sp³-hybridized carbons (Fsp3) is 0.364. The van der Waals surface area contributed by atoms with Gasteiger partial charge in [0.2, 0.25) is 5.91 Å². The molecule has 0 spiro atoms. The summed E-state index contributed by atoms with van der Waals surface area (Å²) in [7, 11) is 0. The number of piperazine rings is 1. The molecule has 0 bridgehead atoms. The van der Waals surface area contributed by atoms with Gasteiger partial charge in [0.25, 0.3) is 0 Å². The van der Waals surface area contributed by atoms with Gasteiger partial charge in [-0.05, 0) is 48.2 Å². The Hall–Kier alpha value is -2.90. The number of nitrogens with zero attached hydrogens (tertiary/aromatic N) is 1. The Kier molecular flexibility index (Phi) is 7.21. The summed E-state index contributed by atoms with van der Waals surface area (Å²) in [5, 5.41) is 12.0. The first-order chi connectivity index (χ1) is 14.0. The second-order valence-electron chi connectivity index (χ2n) is 7.17. The van der Waals surface area contributed by atoms with Gasteiger partial charge in [-0.1, -0.05) is 24.3 Å². The van der Waals surface area contributed by atoms with Crippen molar-refractivity contribution in [1.82, 2.24) is 10.2 Å². The highest BCUT2D eigenvalue weighted by atomic mass is 16.5. The number of carboxylic acid groups (broad SMARTS) is 1. The van der Waals surface area contributed by atoms with Crippen molar-refractivity contribution >= 4 is 11.9 Å². The van der Waals surface area contributed by atoms with Crippen LogP contribution in [0.15, 0.2) is 48.5 Å². The number of nitrogens with one attached hydrogen (secondary N) is 1. The lowest BCUT2D eigenvalue weighted by Crippen LogP contribution is -2.52. The van der Waals surface area contributed by atoms with Crippen molar-refractivity contribution in [2.24, 2.45) is 5.73 Å². The predicted octanol–water partition coefficient (Wildman–Crippen LogP) is 1.80. The van der Waals surface area contributed by atoms with Crippen LogP contribution in [0.25, 0.3) is 0 Å².